The maximum Gasteiger partial charge on any atom is 0.276 e. The molecule has 0 aliphatic heterocycles. The topological polar surface area (TPSA) is 97.8 Å². The van der Waals surface area contributed by atoms with Crippen LogP contribution >= 0.6 is 0 Å². The highest BCUT2D eigenvalue weighted by Crippen LogP contribution is 2.22. The number of fused-ring (bicyclic) bond motifs is 1. The van der Waals surface area contributed by atoms with Gasteiger partial charge in [-0.15, -0.1) is 0 Å². The first-order valence-electron chi connectivity index (χ1n) is 5.79. The molecule has 5 N–H and O–H groups in total. The van der Waals surface area contributed by atoms with Crippen LogP contribution < -0.4 is 17.0 Å². The Bertz CT molecular complexity index is 823. The van der Waals surface area contributed by atoms with Gasteiger partial charge >= 0.3 is 0 Å². The minimum atomic E-state index is -0.421. The van der Waals surface area contributed by atoms with Crippen LogP contribution in [0.1, 0.15) is 0 Å². The lowest BCUT2D eigenvalue weighted by atomic mass is 10.1. The summed E-state index contributed by atoms with van der Waals surface area (Å²) in [7, 11) is 0. The molecule has 1 heterocycles. The lowest BCUT2D eigenvalue weighted by Crippen LogP contribution is -2.16. The second-order valence-electron chi connectivity index (χ2n) is 4.28. The quantitative estimate of drug-likeness (QED) is 0.614. The molecule has 2 aromatic carbocycles. The largest absolute Gasteiger partial charge is 0.391 e. The number of aromatic nitrogens is 2. The van der Waals surface area contributed by atoms with Gasteiger partial charge in [-0.25, -0.2) is 4.98 Å². The molecular weight excluding hydrogens is 240 g/mol. The lowest BCUT2D eigenvalue weighted by molar-refractivity contribution is 1.14. The van der Waals surface area contributed by atoms with E-state index in [4.69, 9.17) is 11.5 Å². The van der Waals surface area contributed by atoms with Crippen molar-refractivity contribution in [1.82, 2.24) is 9.97 Å². The van der Waals surface area contributed by atoms with Gasteiger partial charge in [-0.1, -0.05) is 36.4 Å². The third-order valence-electron chi connectivity index (χ3n) is 3.01. The highest BCUT2D eigenvalue weighted by molar-refractivity contribution is 5.86. The predicted molar refractivity (Wildman–Crippen MR) is 76.6 cm³/mol. The molecule has 19 heavy (non-hydrogen) atoms. The van der Waals surface area contributed by atoms with Crippen molar-refractivity contribution >= 4 is 22.3 Å². The smallest absolute Gasteiger partial charge is 0.276 e. The van der Waals surface area contributed by atoms with Crippen molar-refractivity contribution < 1.29 is 0 Å². The van der Waals surface area contributed by atoms with Crippen LogP contribution in [0.25, 0.3) is 22.2 Å². The molecule has 0 fully saturated rings. The van der Waals surface area contributed by atoms with E-state index in [-0.39, 0.29) is 11.5 Å². The zero-order chi connectivity index (χ0) is 13.4. The van der Waals surface area contributed by atoms with Gasteiger partial charge in [0.15, 0.2) is 5.82 Å². The molecule has 0 amide bonds. The maximum absolute atomic E-state index is 11.6. The van der Waals surface area contributed by atoms with Crippen LogP contribution in [-0.4, -0.2) is 9.97 Å². The normalized spacial score (nSPS) is 10.7. The van der Waals surface area contributed by atoms with E-state index in [0.717, 1.165) is 16.3 Å². The molecule has 0 aliphatic carbocycles. The van der Waals surface area contributed by atoms with Crippen LogP contribution in [0, 0.1) is 0 Å². The van der Waals surface area contributed by atoms with Crippen LogP contribution in [-0.2, 0) is 0 Å². The van der Waals surface area contributed by atoms with Crippen molar-refractivity contribution in [2.45, 2.75) is 0 Å². The Labute approximate surface area is 108 Å². The molecule has 0 unspecified atom stereocenters. The van der Waals surface area contributed by atoms with Crippen LogP contribution in [0.4, 0.5) is 11.5 Å². The average molecular weight is 252 g/mol. The van der Waals surface area contributed by atoms with Crippen LogP contribution in [0.5, 0.6) is 0 Å². The first kappa shape index (κ1) is 11.3. The lowest BCUT2D eigenvalue weighted by Gasteiger charge is -2.05. The number of hydrogen-bond acceptors (Lipinski definition) is 4. The predicted octanol–water partition coefficient (Wildman–Crippen LogP) is 1.75. The highest BCUT2D eigenvalue weighted by atomic mass is 16.1. The fourth-order valence-electron chi connectivity index (χ4n) is 1.97. The van der Waals surface area contributed by atoms with Gasteiger partial charge in [0.2, 0.25) is 0 Å². The zero-order valence-electron chi connectivity index (χ0n) is 10.1. The van der Waals surface area contributed by atoms with Gasteiger partial charge in [0.25, 0.3) is 5.56 Å². The van der Waals surface area contributed by atoms with Crippen LogP contribution in [0.15, 0.2) is 47.3 Å². The van der Waals surface area contributed by atoms with Crippen molar-refractivity contribution in [3.8, 4) is 11.4 Å². The summed E-state index contributed by atoms with van der Waals surface area (Å²) in [5.74, 6) is 0.467. The summed E-state index contributed by atoms with van der Waals surface area (Å²) < 4.78 is 0. The first-order valence-corrected chi connectivity index (χ1v) is 5.79. The number of nitrogens with zero attached hydrogens (tertiary/aromatic N) is 1. The number of hydrogen-bond donors (Lipinski definition) is 3. The fourth-order valence-corrected chi connectivity index (χ4v) is 1.97. The number of rotatable bonds is 1. The van der Waals surface area contributed by atoms with Crippen molar-refractivity contribution in [3.63, 3.8) is 0 Å². The van der Waals surface area contributed by atoms with Crippen molar-refractivity contribution in [2.24, 2.45) is 0 Å². The third-order valence-corrected chi connectivity index (χ3v) is 3.01. The van der Waals surface area contributed by atoms with E-state index in [1.165, 1.54) is 0 Å². The number of benzene rings is 2. The van der Waals surface area contributed by atoms with Crippen molar-refractivity contribution in [3.05, 3.63) is 52.8 Å². The minimum Gasteiger partial charge on any atom is -0.391 e. The average Bonchev–Trinajstić information content (AvgIpc) is 2.43. The molecule has 5 heteroatoms. The number of nitrogen functional groups attached to an aromatic ring is 2. The Morgan fingerprint density at radius 3 is 2.47 bits per heavy atom. The minimum absolute atomic E-state index is 0.0481. The van der Waals surface area contributed by atoms with E-state index in [1.54, 1.807) is 0 Å². The summed E-state index contributed by atoms with van der Waals surface area (Å²) in [6, 6.07) is 13.8. The van der Waals surface area contributed by atoms with Gasteiger partial charge in [0.05, 0.1) is 0 Å². The van der Waals surface area contributed by atoms with Gasteiger partial charge in [-0.2, -0.15) is 0 Å². The van der Waals surface area contributed by atoms with E-state index in [0.29, 0.717) is 5.82 Å². The monoisotopic (exact) mass is 252 g/mol. The van der Waals surface area contributed by atoms with Crippen molar-refractivity contribution in [2.75, 3.05) is 11.5 Å². The molecule has 0 saturated carbocycles. The van der Waals surface area contributed by atoms with E-state index in [2.05, 4.69) is 9.97 Å². The second kappa shape index (κ2) is 4.13. The van der Waals surface area contributed by atoms with Gasteiger partial charge < -0.3 is 16.5 Å². The summed E-state index contributed by atoms with van der Waals surface area (Å²) in [6.07, 6.45) is 0. The third kappa shape index (κ3) is 1.91. The van der Waals surface area contributed by atoms with E-state index in [9.17, 15) is 4.79 Å². The molecule has 0 radical (unpaired) electrons. The Hall–Kier alpha value is -2.82. The molecule has 0 bridgehead atoms. The Kier molecular flexibility index (Phi) is 2.45. The molecule has 5 nitrogen and oxygen atoms in total. The molecular formula is C14H12N4O. The summed E-state index contributed by atoms with van der Waals surface area (Å²) in [4.78, 5) is 18.3. The Morgan fingerprint density at radius 1 is 1.00 bits per heavy atom. The van der Waals surface area contributed by atoms with Gasteiger partial charge in [-0.05, 0) is 16.8 Å². The highest BCUT2D eigenvalue weighted by Gasteiger charge is 2.07. The number of anilines is 2. The summed E-state index contributed by atoms with van der Waals surface area (Å²) in [5.41, 5.74) is 11.4. The molecule has 3 rings (SSSR count). The van der Waals surface area contributed by atoms with Crippen molar-refractivity contribution in [1.29, 1.82) is 0 Å². The molecule has 94 valence electrons. The maximum atomic E-state index is 11.6. The fraction of sp³-hybridized carbons (Fsp3) is 0. The SMILES string of the molecule is Nc1nc(-c2ccc3ccccc3c2)[nH]c(=O)c1N. The Morgan fingerprint density at radius 2 is 1.74 bits per heavy atom. The number of H-pyrrole nitrogens is 1. The first-order chi connectivity index (χ1) is 9.15. The van der Waals surface area contributed by atoms with E-state index in [1.807, 2.05) is 42.5 Å². The number of aromatic amines is 1. The number of nitrogens with one attached hydrogen (secondary N) is 1. The van der Waals surface area contributed by atoms with Crippen LogP contribution in [0.3, 0.4) is 0 Å². The summed E-state index contributed by atoms with van der Waals surface area (Å²) in [5, 5.41) is 2.19. The summed E-state index contributed by atoms with van der Waals surface area (Å²) >= 11 is 0. The van der Waals surface area contributed by atoms with Gasteiger partial charge in [-0.3, -0.25) is 4.79 Å². The number of nitrogens with two attached hydrogens (primary N) is 2. The molecule has 0 atom stereocenters. The van der Waals surface area contributed by atoms with E-state index >= 15 is 0 Å². The van der Waals surface area contributed by atoms with Gasteiger partial charge in [0, 0.05) is 5.56 Å². The molecule has 0 aliphatic rings. The van der Waals surface area contributed by atoms with Gasteiger partial charge in [0.1, 0.15) is 11.5 Å². The standard InChI is InChI=1S/C14H12N4O/c15-11-12(16)17-13(18-14(11)19)10-6-5-8-3-1-2-4-9(8)7-10/h1-7H,15H2,(H3,16,17,18,19). The molecule has 0 saturated heterocycles. The molecule has 1 aromatic heterocycles. The molecule has 0 spiro atoms. The Balaban J connectivity index is 2.22. The second-order valence-corrected chi connectivity index (χ2v) is 4.28. The van der Waals surface area contributed by atoms with Crippen LogP contribution in [0.2, 0.25) is 0 Å². The van der Waals surface area contributed by atoms with E-state index < -0.39 is 5.56 Å². The zero-order valence-corrected chi connectivity index (χ0v) is 10.1. The molecule has 3 aromatic rings. The summed E-state index contributed by atoms with van der Waals surface area (Å²) in [6.45, 7) is 0.